The lowest BCUT2D eigenvalue weighted by Gasteiger charge is -2.24. The van der Waals surface area contributed by atoms with Gasteiger partial charge in [-0.05, 0) is 34.7 Å². The zero-order valence-corrected chi connectivity index (χ0v) is 11.6. The Balaban J connectivity index is 1.87. The Bertz CT molecular complexity index is 392. The summed E-state index contributed by atoms with van der Waals surface area (Å²) in [6, 6.07) is 7.78. The molecule has 0 spiro atoms. The summed E-state index contributed by atoms with van der Waals surface area (Å²) in [5, 5.41) is 6.22. The predicted octanol–water partition coefficient (Wildman–Crippen LogP) is 1.01. The van der Waals surface area contributed by atoms with Crippen LogP contribution < -0.4 is 10.6 Å². The molecule has 1 unspecified atom stereocenters. The van der Waals surface area contributed by atoms with Crippen LogP contribution in [-0.2, 0) is 4.74 Å². The van der Waals surface area contributed by atoms with E-state index in [9.17, 15) is 4.79 Å². The Morgan fingerprint density at radius 3 is 3.06 bits per heavy atom. The van der Waals surface area contributed by atoms with Gasteiger partial charge in [0.15, 0.2) is 0 Å². The van der Waals surface area contributed by atoms with Crippen LogP contribution in [0.1, 0.15) is 10.4 Å². The predicted molar refractivity (Wildman–Crippen MR) is 74.1 cm³/mol. The molecule has 1 amide bonds. The molecule has 0 radical (unpaired) electrons. The number of rotatable bonds is 3. The van der Waals surface area contributed by atoms with Gasteiger partial charge in [0, 0.05) is 22.7 Å². The van der Waals surface area contributed by atoms with Gasteiger partial charge in [0.2, 0.25) is 0 Å². The molecule has 92 valence electrons. The van der Waals surface area contributed by atoms with E-state index in [-0.39, 0.29) is 11.9 Å². The second kappa shape index (κ2) is 6.32. The first-order valence-electron chi connectivity index (χ1n) is 5.61. The second-order valence-corrected chi connectivity index (χ2v) is 5.08. The smallest absolute Gasteiger partial charge is 0.252 e. The molecule has 4 nitrogen and oxygen atoms in total. The van der Waals surface area contributed by atoms with Gasteiger partial charge in [0.1, 0.15) is 0 Å². The SMILES string of the molecule is O=C(NCC1COCCN1)c1ccccc1I. The van der Waals surface area contributed by atoms with E-state index in [4.69, 9.17) is 4.74 Å². The Labute approximate surface area is 114 Å². The number of hydrogen-bond donors (Lipinski definition) is 2. The summed E-state index contributed by atoms with van der Waals surface area (Å²) in [4.78, 5) is 11.9. The molecule has 0 aromatic heterocycles. The van der Waals surface area contributed by atoms with Crippen LogP contribution in [0.3, 0.4) is 0 Å². The van der Waals surface area contributed by atoms with Gasteiger partial charge in [-0.3, -0.25) is 4.79 Å². The number of halogens is 1. The van der Waals surface area contributed by atoms with Crippen LogP contribution in [-0.4, -0.2) is 38.3 Å². The normalized spacial score (nSPS) is 19.9. The fourth-order valence-electron chi connectivity index (χ4n) is 1.71. The highest BCUT2D eigenvalue weighted by molar-refractivity contribution is 14.1. The van der Waals surface area contributed by atoms with E-state index in [1.165, 1.54) is 0 Å². The lowest BCUT2D eigenvalue weighted by molar-refractivity contribution is 0.0734. The standard InChI is InChI=1S/C12H15IN2O2/c13-11-4-2-1-3-10(11)12(16)15-7-9-8-17-6-5-14-9/h1-4,9,14H,5-8H2,(H,15,16). The molecule has 1 aromatic rings. The number of ether oxygens (including phenoxy) is 1. The first-order chi connectivity index (χ1) is 8.27. The molecule has 1 heterocycles. The van der Waals surface area contributed by atoms with Gasteiger partial charge in [-0.1, -0.05) is 12.1 Å². The van der Waals surface area contributed by atoms with Crippen LogP contribution >= 0.6 is 22.6 Å². The summed E-state index contributed by atoms with van der Waals surface area (Å²) in [7, 11) is 0. The first-order valence-corrected chi connectivity index (χ1v) is 6.69. The minimum atomic E-state index is -0.0256. The fourth-order valence-corrected chi connectivity index (χ4v) is 2.34. The number of benzene rings is 1. The summed E-state index contributed by atoms with van der Waals surface area (Å²) in [6.45, 7) is 2.86. The van der Waals surface area contributed by atoms with Crippen molar-refractivity contribution in [3.63, 3.8) is 0 Å². The largest absolute Gasteiger partial charge is 0.378 e. The van der Waals surface area contributed by atoms with Crippen molar-refractivity contribution in [3.8, 4) is 0 Å². The Morgan fingerprint density at radius 1 is 1.53 bits per heavy atom. The van der Waals surface area contributed by atoms with Gasteiger partial charge in [-0.25, -0.2) is 0 Å². The van der Waals surface area contributed by atoms with Gasteiger partial charge in [0.25, 0.3) is 5.91 Å². The van der Waals surface area contributed by atoms with Gasteiger partial charge in [0.05, 0.1) is 18.8 Å². The lowest BCUT2D eigenvalue weighted by Crippen LogP contribution is -2.48. The van der Waals surface area contributed by atoms with E-state index < -0.39 is 0 Å². The van der Waals surface area contributed by atoms with E-state index >= 15 is 0 Å². The highest BCUT2D eigenvalue weighted by atomic mass is 127. The number of hydrogen-bond acceptors (Lipinski definition) is 3. The summed E-state index contributed by atoms with van der Waals surface area (Å²) in [6.07, 6.45) is 0. The number of carbonyl (C=O) groups is 1. The van der Waals surface area contributed by atoms with Gasteiger partial charge in [-0.15, -0.1) is 0 Å². The molecule has 1 aliphatic heterocycles. The van der Waals surface area contributed by atoms with Crippen LogP contribution in [0.25, 0.3) is 0 Å². The maximum Gasteiger partial charge on any atom is 0.252 e. The van der Waals surface area contributed by atoms with E-state index in [2.05, 4.69) is 33.2 Å². The molecule has 1 aromatic carbocycles. The molecule has 0 bridgehead atoms. The number of morpholine rings is 1. The minimum absolute atomic E-state index is 0.0256. The molecule has 2 rings (SSSR count). The van der Waals surface area contributed by atoms with Gasteiger partial charge < -0.3 is 15.4 Å². The summed E-state index contributed by atoms with van der Waals surface area (Å²) in [5.74, 6) is -0.0256. The third-order valence-electron chi connectivity index (χ3n) is 2.63. The molecule has 1 aliphatic rings. The van der Waals surface area contributed by atoms with Crippen molar-refractivity contribution in [2.75, 3.05) is 26.3 Å². The Kier molecular flexibility index (Phi) is 4.75. The molecular weight excluding hydrogens is 331 g/mol. The van der Waals surface area contributed by atoms with E-state index in [1.54, 1.807) is 0 Å². The van der Waals surface area contributed by atoms with Crippen molar-refractivity contribution in [2.45, 2.75) is 6.04 Å². The van der Waals surface area contributed by atoms with Crippen molar-refractivity contribution < 1.29 is 9.53 Å². The zero-order valence-electron chi connectivity index (χ0n) is 9.41. The third kappa shape index (κ3) is 3.65. The first kappa shape index (κ1) is 12.8. The average molecular weight is 346 g/mol. The Morgan fingerprint density at radius 2 is 2.35 bits per heavy atom. The summed E-state index contributed by atoms with van der Waals surface area (Å²) < 4.78 is 6.30. The monoisotopic (exact) mass is 346 g/mol. The summed E-state index contributed by atoms with van der Waals surface area (Å²) in [5.41, 5.74) is 0.727. The molecule has 17 heavy (non-hydrogen) atoms. The van der Waals surface area contributed by atoms with Gasteiger partial charge >= 0.3 is 0 Å². The van der Waals surface area contributed by atoms with Crippen molar-refractivity contribution in [3.05, 3.63) is 33.4 Å². The minimum Gasteiger partial charge on any atom is -0.378 e. The quantitative estimate of drug-likeness (QED) is 0.804. The van der Waals surface area contributed by atoms with Crippen molar-refractivity contribution in [2.24, 2.45) is 0 Å². The van der Waals surface area contributed by atoms with Crippen LogP contribution in [0.2, 0.25) is 0 Å². The zero-order chi connectivity index (χ0) is 12.1. The van der Waals surface area contributed by atoms with Crippen molar-refractivity contribution in [1.82, 2.24) is 10.6 Å². The molecule has 0 aliphatic carbocycles. The van der Waals surface area contributed by atoms with E-state index in [0.717, 1.165) is 22.3 Å². The summed E-state index contributed by atoms with van der Waals surface area (Å²) >= 11 is 2.17. The van der Waals surface area contributed by atoms with E-state index in [1.807, 2.05) is 24.3 Å². The third-order valence-corrected chi connectivity index (χ3v) is 3.57. The number of amides is 1. The maximum absolute atomic E-state index is 11.9. The average Bonchev–Trinajstić information content (AvgIpc) is 2.38. The molecule has 0 saturated carbocycles. The van der Waals surface area contributed by atoms with Crippen LogP contribution in [0.5, 0.6) is 0 Å². The van der Waals surface area contributed by atoms with E-state index in [0.29, 0.717) is 13.2 Å². The maximum atomic E-state index is 11.9. The molecule has 1 fully saturated rings. The molecule has 1 saturated heterocycles. The van der Waals surface area contributed by atoms with Crippen LogP contribution in [0, 0.1) is 3.57 Å². The Hall–Kier alpha value is -0.660. The second-order valence-electron chi connectivity index (χ2n) is 3.92. The van der Waals surface area contributed by atoms with Crippen LogP contribution in [0.4, 0.5) is 0 Å². The topological polar surface area (TPSA) is 50.4 Å². The van der Waals surface area contributed by atoms with Gasteiger partial charge in [-0.2, -0.15) is 0 Å². The number of carbonyl (C=O) groups excluding carboxylic acids is 1. The molecule has 5 heteroatoms. The molecule has 2 N–H and O–H groups in total. The molecule has 1 atom stereocenters. The van der Waals surface area contributed by atoms with Crippen molar-refractivity contribution in [1.29, 1.82) is 0 Å². The highest BCUT2D eigenvalue weighted by Crippen LogP contribution is 2.10. The lowest BCUT2D eigenvalue weighted by atomic mass is 10.2. The molecular formula is C12H15IN2O2. The fraction of sp³-hybridized carbons (Fsp3) is 0.417. The highest BCUT2D eigenvalue weighted by Gasteiger charge is 2.15. The van der Waals surface area contributed by atoms with Crippen molar-refractivity contribution >= 4 is 28.5 Å². The number of nitrogens with one attached hydrogen (secondary N) is 2. The van der Waals surface area contributed by atoms with Crippen LogP contribution in [0.15, 0.2) is 24.3 Å².